The van der Waals surface area contributed by atoms with Crippen LogP contribution in [0.4, 0.5) is 0 Å². The van der Waals surface area contributed by atoms with Crippen LogP contribution in [0.2, 0.25) is 0 Å². The third kappa shape index (κ3) is 4.01. The first-order valence-corrected chi connectivity index (χ1v) is 9.83. The van der Waals surface area contributed by atoms with Gasteiger partial charge < -0.3 is 14.2 Å². The van der Waals surface area contributed by atoms with Crippen LogP contribution in [0.15, 0.2) is 35.3 Å². The van der Waals surface area contributed by atoms with Crippen molar-refractivity contribution in [2.75, 3.05) is 14.2 Å². The molecule has 1 aliphatic heterocycles. The molecule has 0 bridgehead atoms. The molecule has 0 radical (unpaired) electrons. The summed E-state index contributed by atoms with van der Waals surface area (Å²) in [6.07, 6.45) is 6.03. The summed E-state index contributed by atoms with van der Waals surface area (Å²) in [4.78, 5) is 42.5. The van der Waals surface area contributed by atoms with Gasteiger partial charge in [0.1, 0.15) is 16.8 Å². The van der Waals surface area contributed by atoms with Gasteiger partial charge in [0.05, 0.1) is 14.2 Å². The van der Waals surface area contributed by atoms with Gasteiger partial charge in [-0.25, -0.2) is 4.79 Å². The van der Waals surface area contributed by atoms with Crippen LogP contribution in [0.25, 0.3) is 0 Å². The lowest BCUT2D eigenvalue weighted by Gasteiger charge is -2.28. The van der Waals surface area contributed by atoms with Crippen LogP contribution < -0.4 is 4.74 Å². The first kappa shape index (κ1) is 21.7. The Hall–Kier alpha value is -2.96. The number of nitrogens with zero attached hydrogens (tertiary/aromatic N) is 1. The van der Waals surface area contributed by atoms with Crippen LogP contribution in [-0.4, -0.2) is 49.3 Å². The number of ether oxygens (including phenoxy) is 3. The summed E-state index contributed by atoms with van der Waals surface area (Å²) >= 11 is 0. The van der Waals surface area contributed by atoms with Crippen molar-refractivity contribution in [3.05, 3.63) is 41.5 Å². The average Bonchev–Trinajstić information content (AvgIpc) is 3.37. The van der Waals surface area contributed by atoms with E-state index in [1.54, 1.807) is 57.3 Å². The van der Waals surface area contributed by atoms with Gasteiger partial charge >= 0.3 is 11.9 Å². The van der Waals surface area contributed by atoms with E-state index in [0.29, 0.717) is 29.7 Å². The minimum atomic E-state index is -1.23. The normalized spacial score (nSPS) is 21.2. The predicted octanol–water partition coefficient (Wildman–Crippen LogP) is 3.09. The number of hydrogen-bond acceptors (Lipinski definition) is 7. The molecule has 1 saturated carbocycles. The van der Waals surface area contributed by atoms with E-state index >= 15 is 0 Å². The summed E-state index contributed by atoms with van der Waals surface area (Å²) in [7, 11) is 2.80. The topological polar surface area (TPSA) is 91.3 Å². The number of hydrogen-bond donors (Lipinski definition) is 0. The summed E-state index contributed by atoms with van der Waals surface area (Å²) in [5, 5.41) is 0. The summed E-state index contributed by atoms with van der Waals surface area (Å²) in [5.41, 5.74) is -2.01. The van der Waals surface area contributed by atoms with Crippen molar-refractivity contribution < 1.29 is 28.6 Å². The van der Waals surface area contributed by atoms with Gasteiger partial charge in [-0.3, -0.25) is 14.6 Å². The van der Waals surface area contributed by atoms with Crippen LogP contribution in [0.5, 0.6) is 5.75 Å². The Balaban J connectivity index is 1.95. The molecule has 2 aliphatic rings. The van der Waals surface area contributed by atoms with Gasteiger partial charge in [0.2, 0.25) is 0 Å². The maximum atomic E-state index is 13.0. The van der Waals surface area contributed by atoms with Crippen molar-refractivity contribution in [2.24, 2.45) is 10.4 Å². The van der Waals surface area contributed by atoms with Crippen molar-refractivity contribution in [3.8, 4) is 5.75 Å². The monoisotopic (exact) mass is 413 g/mol. The first-order chi connectivity index (χ1) is 14.1. The van der Waals surface area contributed by atoms with Crippen molar-refractivity contribution in [3.63, 3.8) is 0 Å². The molecule has 0 spiro atoms. The summed E-state index contributed by atoms with van der Waals surface area (Å²) in [6, 6.07) is 4.96. The van der Waals surface area contributed by atoms with Gasteiger partial charge in [-0.1, -0.05) is 0 Å². The van der Waals surface area contributed by atoms with E-state index in [0.717, 1.165) is 0 Å². The summed E-state index contributed by atoms with van der Waals surface area (Å²) in [5.74, 6) is -0.756. The third-order valence-corrected chi connectivity index (χ3v) is 5.28. The maximum absolute atomic E-state index is 13.0. The van der Waals surface area contributed by atoms with E-state index in [1.807, 2.05) is 0 Å². The number of ketones is 1. The molecule has 0 N–H and O–H groups in total. The molecule has 0 aromatic heterocycles. The van der Waals surface area contributed by atoms with E-state index in [2.05, 4.69) is 4.99 Å². The molecule has 1 aromatic carbocycles. The van der Waals surface area contributed by atoms with Gasteiger partial charge in [-0.2, -0.15) is 0 Å². The number of carbonyl (C=O) groups excluding carboxylic acids is 3. The second-order valence-electron chi connectivity index (χ2n) is 8.67. The number of aliphatic imine (C=N–C) groups is 1. The van der Waals surface area contributed by atoms with E-state index in [-0.39, 0.29) is 12.2 Å². The largest absolute Gasteiger partial charge is 0.496 e. The lowest BCUT2D eigenvalue weighted by molar-refractivity contribution is -0.159. The van der Waals surface area contributed by atoms with Crippen LogP contribution in [0, 0.1) is 5.41 Å². The lowest BCUT2D eigenvalue weighted by atomic mass is 9.88. The molecular formula is C23H27NO6. The molecule has 30 heavy (non-hydrogen) atoms. The fourth-order valence-electron chi connectivity index (χ4n) is 3.55. The smallest absolute Gasteiger partial charge is 0.338 e. The van der Waals surface area contributed by atoms with Gasteiger partial charge in [-0.05, 0) is 69.5 Å². The summed E-state index contributed by atoms with van der Waals surface area (Å²) in [6.45, 7) is 5.38. The number of carbonyl (C=O) groups is 3. The Morgan fingerprint density at radius 2 is 1.80 bits per heavy atom. The zero-order valence-electron chi connectivity index (χ0n) is 18.0. The quantitative estimate of drug-likeness (QED) is 0.388. The van der Waals surface area contributed by atoms with Crippen LogP contribution in [0.3, 0.4) is 0 Å². The van der Waals surface area contributed by atoms with Crippen molar-refractivity contribution in [1.82, 2.24) is 0 Å². The van der Waals surface area contributed by atoms with E-state index in [9.17, 15) is 14.4 Å². The Kier molecular flexibility index (Phi) is 5.58. The number of Topliss-reactive ketones (excluding diaryl/α,β-unsaturated/α-hetero) is 1. The zero-order valence-corrected chi connectivity index (χ0v) is 18.0. The first-order valence-electron chi connectivity index (χ1n) is 9.83. The van der Waals surface area contributed by atoms with Gasteiger partial charge in [0.15, 0.2) is 11.3 Å². The second kappa shape index (κ2) is 7.70. The molecule has 0 saturated heterocycles. The fourth-order valence-corrected chi connectivity index (χ4v) is 3.55. The summed E-state index contributed by atoms with van der Waals surface area (Å²) < 4.78 is 15.9. The Bertz CT molecular complexity index is 922. The highest BCUT2D eigenvalue weighted by molar-refractivity contribution is 6.15. The molecule has 1 atom stereocenters. The molecule has 1 unspecified atom stereocenters. The minimum absolute atomic E-state index is 0.157. The number of allylic oxidation sites excluding steroid dienone is 1. The van der Waals surface area contributed by atoms with Crippen LogP contribution in [0.1, 0.15) is 49.5 Å². The highest BCUT2D eigenvalue weighted by Crippen LogP contribution is 2.49. The molecule has 1 aliphatic carbocycles. The van der Waals surface area contributed by atoms with Crippen molar-refractivity contribution in [1.29, 1.82) is 0 Å². The van der Waals surface area contributed by atoms with Crippen molar-refractivity contribution in [2.45, 2.75) is 51.2 Å². The predicted molar refractivity (Wildman–Crippen MR) is 111 cm³/mol. The number of rotatable bonds is 7. The second-order valence-corrected chi connectivity index (χ2v) is 8.67. The SMILES string of the molecule is COC(=O)C1(C(=O)c2ccc(OC)c(CC3(C(=O)OC(C)(C)C)C=CC=N3)c2)CC1. The van der Waals surface area contributed by atoms with Gasteiger partial charge in [0.25, 0.3) is 0 Å². The standard InChI is InChI=1S/C23H27NO6/c1-21(2,3)30-20(27)23(9-6-12-24-23)14-16-13-15(7-8-17(16)28-4)18(25)22(10-11-22)19(26)29-5/h6-9,12-13H,10-11,14H2,1-5H3. The Morgan fingerprint density at radius 1 is 1.10 bits per heavy atom. The molecule has 1 fully saturated rings. The van der Waals surface area contributed by atoms with E-state index in [4.69, 9.17) is 14.2 Å². The Morgan fingerprint density at radius 3 is 2.30 bits per heavy atom. The number of methoxy groups -OCH3 is 2. The van der Waals surface area contributed by atoms with E-state index in [1.165, 1.54) is 14.2 Å². The average molecular weight is 413 g/mol. The third-order valence-electron chi connectivity index (χ3n) is 5.28. The van der Waals surface area contributed by atoms with Crippen LogP contribution in [-0.2, 0) is 25.5 Å². The molecule has 7 heteroatoms. The van der Waals surface area contributed by atoms with E-state index < -0.39 is 28.5 Å². The van der Waals surface area contributed by atoms with Gasteiger partial charge in [-0.15, -0.1) is 0 Å². The maximum Gasteiger partial charge on any atom is 0.338 e. The fraction of sp³-hybridized carbons (Fsp3) is 0.478. The minimum Gasteiger partial charge on any atom is -0.496 e. The Labute approximate surface area is 176 Å². The highest BCUT2D eigenvalue weighted by Gasteiger charge is 2.57. The molecule has 1 aromatic rings. The number of benzene rings is 1. The molecule has 160 valence electrons. The molecule has 1 heterocycles. The molecule has 0 amide bonds. The van der Waals surface area contributed by atoms with Crippen molar-refractivity contribution >= 4 is 23.9 Å². The zero-order chi connectivity index (χ0) is 22.2. The lowest BCUT2D eigenvalue weighted by Crippen LogP contribution is -2.41. The number of esters is 2. The highest BCUT2D eigenvalue weighted by atomic mass is 16.6. The molecule has 3 rings (SSSR count). The van der Waals surface area contributed by atoms with Crippen LogP contribution >= 0.6 is 0 Å². The molecular weight excluding hydrogens is 386 g/mol. The van der Waals surface area contributed by atoms with Gasteiger partial charge in [0, 0.05) is 18.2 Å². The molecule has 7 nitrogen and oxygen atoms in total.